The second-order valence-electron chi connectivity index (χ2n) is 4.41. The van der Waals surface area contributed by atoms with Crippen LogP contribution in [-0.4, -0.2) is 10.2 Å². The van der Waals surface area contributed by atoms with E-state index in [-0.39, 0.29) is 11.5 Å². The number of phenols is 2. The number of aromatic hydroxyl groups is 2. The van der Waals surface area contributed by atoms with Crippen molar-refractivity contribution in [1.82, 2.24) is 0 Å². The van der Waals surface area contributed by atoms with Crippen LogP contribution in [-0.2, 0) is 0 Å². The number of hydrogen-bond acceptors (Lipinski definition) is 2. The summed E-state index contributed by atoms with van der Waals surface area (Å²) in [4.78, 5) is 0. The lowest BCUT2D eigenvalue weighted by Gasteiger charge is -1.99. The van der Waals surface area contributed by atoms with E-state index in [0.717, 1.165) is 16.7 Å². The second-order valence-corrected chi connectivity index (χ2v) is 4.41. The highest BCUT2D eigenvalue weighted by Crippen LogP contribution is 2.26. The first-order valence-electron chi connectivity index (χ1n) is 6.41. The Hall–Kier alpha value is -1.70. The minimum atomic E-state index is 0.216. The van der Waals surface area contributed by atoms with E-state index in [9.17, 15) is 5.11 Å². The van der Waals surface area contributed by atoms with Gasteiger partial charge in [0.15, 0.2) is 0 Å². The Morgan fingerprint density at radius 3 is 2.00 bits per heavy atom. The molecule has 2 N–H and O–H groups in total. The molecule has 2 aromatic rings. The van der Waals surface area contributed by atoms with Gasteiger partial charge < -0.3 is 10.2 Å². The fourth-order valence-electron chi connectivity index (χ4n) is 1.25. The maximum absolute atomic E-state index is 9.38. The standard InChI is InChI=1S/C10H8O2.C4H10.C2H6/c11-8-4-5-9-7(6-8)2-1-3-10(9)12;1-4(2)3;1-2/h1-6,11-12H;4H,1-3H3;1-2H3. The van der Waals surface area contributed by atoms with E-state index in [1.165, 1.54) is 0 Å². The van der Waals surface area contributed by atoms with Crippen LogP contribution in [0.15, 0.2) is 36.4 Å². The molecule has 0 spiro atoms. The van der Waals surface area contributed by atoms with Crippen LogP contribution in [0.2, 0.25) is 0 Å². The van der Waals surface area contributed by atoms with Crippen molar-refractivity contribution >= 4 is 10.8 Å². The summed E-state index contributed by atoms with van der Waals surface area (Å²) in [5.74, 6) is 1.29. The molecule has 0 saturated heterocycles. The molecule has 0 fully saturated rings. The van der Waals surface area contributed by atoms with Gasteiger partial charge in [-0.15, -0.1) is 0 Å². The summed E-state index contributed by atoms with van der Waals surface area (Å²) >= 11 is 0. The molecule has 2 aromatic carbocycles. The first-order chi connectivity index (χ1) is 8.50. The molecule has 0 radical (unpaired) electrons. The first kappa shape index (κ1) is 16.3. The Balaban J connectivity index is 0.000000415. The summed E-state index contributed by atoms with van der Waals surface area (Å²) in [5, 5.41) is 20.1. The zero-order valence-electron chi connectivity index (χ0n) is 11.9. The van der Waals surface area contributed by atoms with Crippen LogP contribution in [0, 0.1) is 5.92 Å². The molecule has 2 rings (SSSR count). The summed E-state index contributed by atoms with van der Waals surface area (Å²) < 4.78 is 0. The van der Waals surface area contributed by atoms with Gasteiger partial charge in [0.25, 0.3) is 0 Å². The molecule has 0 aliphatic heterocycles. The molecule has 2 nitrogen and oxygen atoms in total. The Labute approximate surface area is 110 Å². The number of rotatable bonds is 0. The molecule has 0 aromatic heterocycles. The smallest absolute Gasteiger partial charge is 0.123 e. The van der Waals surface area contributed by atoms with Gasteiger partial charge in [-0.3, -0.25) is 0 Å². The second kappa shape index (κ2) is 8.40. The van der Waals surface area contributed by atoms with Gasteiger partial charge in [-0.1, -0.05) is 46.8 Å². The average molecular weight is 248 g/mol. The lowest BCUT2D eigenvalue weighted by molar-refractivity contribution is 0.475. The molecule has 0 saturated carbocycles. The number of fused-ring (bicyclic) bond motifs is 1. The fraction of sp³-hybridized carbons (Fsp3) is 0.375. The molecule has 100 valence electrons. The molecule has 2 heteroatoms. The zero-order chi connectivity index (χ0) is 14.1. The van der Waals surface area contributed by atoms with Gasteiger partial charge in [-0.25, -0.2) is 0 Å². The molecule has 0 bridgehead atoms. The highest BCUT2D eigenvalue weighted by Gasteiger charge is 1.98. The van der Waals surface area contributed by atoms with E-state index < -0.39 is 0 Å². The topological polar surface area (TPSA) is 40.5 Å². The lowest BCUT2D eigenvalue weighted by atomic mass is 10.1. The van der Waals surface area contributed by atoms with E-state index >= 15 is 0 Å². The fourth-order valence-corrected chi connectivity index (χ4v) is 1.25. The highest BCUT2D eigenvalue weighted by molar-refractivity contribution is 5.88. The van der Waals surface area contributed by atoms with E-state index in [1.54, 1.807) is 30.3 Å². The van der Waals surface area contributed by atoms with E-state index in [2.05, 4.69) is 20.8 Å². The Bertz CT molecular complexity index is 459. The normalized spacial score (nSPS) is 9.22. The van der Waals surface area contributed by atoms with Crippen molar-refractivity contribution in [3.05, 3.63) is 36.4 Å². The van der Waals surface area contributed by atoms with Gasteiger partial charge in [-0.2, -0.15) is 0 Å². The van der Waals surface area contributed by atoms with Gasteiger partial charge in [0.05, 0.1) is 0 Å². The van der Waals surface area contributed by atoms with Gasteiger partial charge in [0.1, 0.15) is 11.5 Å². The lowest BCUT2D eigenvalue weighted by Crippen LogP contribution is -1.72. The van der Waals surface area contributed by atoms with Crippen LogP contribution >= 0.6 is 0 Å². The first-order valence-corrected chi connectivity index (χ1v) is 6.41. The van der Waals surface area contributed by atoms with Crippen LogP contribution in [0.25, 0.3) is 10.8 Å². The Kier molecular flexibility index (Phi) is 7.61. The van der Waals surface area contributed by atoms with Gasteiger partial charge in [0.2, 0.25) is 0 Å². The predicted molar refractivity (Wildman–Crippen MR) is 79.1 cm³/mol. The van der Waals surface area contributed by atoms with Crippen LogP contribution in [0.1, 0.15) is 34.6 Å². The molecule has 0 unspecified atom stereocenters. The maximum Gasteiger partial charge on any atom is 0.123 e. The van der Waals surface area contributed by atoms with Crippen molar-refractivity contribution in [2.75, 3.05) is 0 Å². The van der Waals surface area contributed by atoms with E-state index in [4.69, 9.17) is 5.11 Å². The molecule has 0 aliphatic rings. The van der Waals surface area contributed by atoms with Gasteiger partial charge in [-0.05, 0) is 35.6 Å². The third-order valence-electron chi connectivity index (χ3n) is 1.84. The Morgan fingerprint density at radius 2 is 1.44 bits per heavy atom. The quantitative estimate of drug-likeness (QED) is 0.693. The van der Waals surface area contributed by atoms with Crippen LogP contribution in [0.5, 0.6) is 11.5 Å². The van der Waals surface area contributed by atoms with Crippen LogP contribution in [0.3, 0.4) is 0 Å². The number of hydrogen-bond donors (Lipinski definition) is 2. The summed E-state index contributed by atoms with van der Waals surface area (Å²) in [6.07, 6.45) is 0. The van der Waals surface area contributed by atoms with E-state index in [0.29, 0.717) is 0 Å². The third kappa shape index (κ3) is 5.58. The molecule has 0 heterocycles. The molecule has 18 heavy (non-hydrogen) atoms. The van der Waals surface area contributed by atoms with Crippen molar-refractivity contribution in [3.63, 3.8) is 0 Å². The number of benzene rings is 2. The predicted octanol–water partition coefficient (Wildman–Crippen LogP) is 4.94. The van der Waals surface area contributed by atoms with Crippen molar-refractivity contribution in [2.24, 2.45) is 5.92 Å². The minimum Gasteiger partial charge on any atom is -0.508 e. The molecule has 0 aliphatic carbocycles. The SMILES string of the molecule is CC.CC(C)C.Oc1ccc2c(O)cccc2c1. The highest BCUT2D eigenvalue weighted by atomic mass is 16.3. The monoisotopic (exact) mass is 248 g/mol. The van der Waals surface area contributed by atoms with Gasteiger partial charge in [0, 0.05) is 5.39 Å². The Morgan fingerprint density at radius 1 is 0.889 bits per heavy atom. The summed E-state index contributed by atoms with van der Waals surface area (Å²) in [7, 11) is 0. The summed E-state index contributed by atoms with van der Waals surface area (Å²) in [6.45, 7) is 10.5. The molecular weight excluding hydrogens is 224 g/mol. The van der Waals surface area contributed by atoms with Crippen LogP contribution in [0.4, 0.5) is 0 Å². The van der Waals surface area contributed by atoms with Crippen LogP contribution < -0.4 is 0 Å². The molecule has 0 amide bonds. The summed E-state index contributed by atoms with van der Waals surface area (Å²) in [6, 6.07) is 10.1. The van der Waals surface area contributed by atoms with Crippen molar-refractivity contribution in [1.29, 1.82) is 0 Å². The van der Waals surface area contributed by atoms with Crippen molar-refractivity contribution in [3.8, 4) is 11.5 Å². The van der Waals surface area contributed by atoms with Gasteiger partial charge >= 0.3 is 0 Å². The number of phenolic OH excluding ortho intramolecular Hbond substituents is 2. The van der Waals surface area contributed by atoms with Crippen molar-refractivity contribution < 1.29 is 10.2 Å². The molecule has 0 atom stereocenters. The molecular formula is C16H24O2. The van der Waals surface area contributed by atoms with E-state index in [1.807, 2.05) is 19.9 Å². The minimum absolute atomic E-state index is 0.216. The van der Waals surface area contributed by atoms with Crippen molar-refractivity contribution in [2.45, 2.75) is 34.6 Å². The third-order valence-corrected chi connectivity index (χ3v) is 1.84. The zero-order valence-corrected chi connectivity index (χ0v) is 11.9. The maximum atomic E-state index is 9.38. The summed E-state index contributed by atoms with van der Waals surface area (Å²) in [5.41, 5.74) is 0. The average Bonchev–Trinajstić information content (AvgIpc) is 2.31. The largest absolute Gasteiger partial charge is 0.508 e.